The molecule has 2 aromatic heterocycles. The number of fused-ring (bicyclic) bond motifs is 1. The number of carbonyl (C=O) groups is 1. The average molecular weight is 296 g/mol. The van der Waals surface area contributed by atoms with Crippen LogP contribution >= 0.6 is 0 Å². The van der Waals surface area contributed by atoms with Gasteiger partial charge in [0, 0.05) is 25.0 Å². The fraction of sp³-hybridized carbons (Fsp3) is 0.188. The molecule has 112 valence electrons. The van der Waals surface area contributed by atoms with Crippen LogP contribution in [0.25, 0.3) is 5.65 Å². The molecule has 1 amide bonds. The van der Waals surface area contributed by atoms with E-state index in [0.29, 0.717) is 12.1 Å². The summed E-state index contributed by atoms with van der Waals surface area (Å²) < 4.78 is 6.77. The number of aryl methyl sites for hydroxylation is 1. The summed E-state index contributed by atoms with van der Waals surface area (Å²) >= 11 is 0. The van der Waals surface area contributed by atoms with Crippen LogP contribution in [0.15, 0.2) is 42.7 Å². The van der Waals surface area contributed by atoms with Gasteiger partial charge in [-0.2, -0.15) is 5.10 Å². The lowest BCUT2D eigenvalue weighted by molar-refractivity contribution is 0.0950. The van der Waals surface area contributed by atoms with Crippen LogP contribution in [0.1, 0.15) is 21.6 Å². The molecule has 6 nitrogen and oxygen atoms in total. The Labute approximate surface area is 127 Å². The van der Waals surface area contributed by atoms with Gasteiger partial charge in [-0.25, -0.2) is 9.50 Å². The molecule has 1 N–H and O–H groups in total. The maximum absolute atomic E-state index is 12.2. The van der Waals surface area contributed by atoms with Crippen molar-refractivity contribution in [3.8, 4) is 5.75 Å². The van der Waals surface area contributed by atoms with E-state index in [0.717, 1.165) is 22.7 Å². The van der Waals surface area contributed by atoms with E-state index in [1.165, 1.54) is 0 Å². The number of nitrogens with zero attached hydrogens (tertiary/aromatic N) is 3. The number of methoxy groups -OCH3 is 1. The third-order valence-electron chi connectivity index (χ3n) is 3.28. The molecular formula is C16H16N4O2. The Morgan fingerprint density at radius 1 is 1.36 bits per heavy atom. The van der Waals surface area contributed by atoms with Gasteiger partial charge in [-0.15, -0.1) is 0 Å². The van der Waals surface area contributed by atoms with E-state index in [1.54, 1.807) is 24.0 Å². The highest BCUT2D eigenvalue weighted by molar-refractivity contribution is 5.93. The Hall–Kier alpha value is -2.89. The molecule has 0 spiro atoms. The monoisotopic (exact) mass is 296 g/mol. The minimum atomic E-state index is -0.189. The molecule has 0 aliphatic heterocycles. The number of rotatable bonds is 4. The lowest BCUT2D eigenvalue weighted by Crippen LogP contribution is -2.23. The Balaban J connectivity index is 1.72. The molecule has 3 aromatic rings. The highest BCUT2D eigenvalue weighted by Crippen LogP contribution is 2.12. The van der Waals surface area contributed by atoms with E-state index >= 15 is 0 Å². The molecule has 1 aromatic carbocycles. The molecule has 0 fully saturated rings. The van der Waals surface area contributed by atoms with Gasteiger partial charge >= 0.3 is 0 Å². The van der Waals surface area contributed by atoms with Crippen molar-refractivity contribution < 1.29 is 9.53 Å². The summed E-state index contributed by atoms with van der Waals surface area (Å²) in [5.74, 6) is 0.576. The summed E-state index contributed by atoms with van der Waals surface area (Å²) in [5.41, 5.74) is 3.03. The lowest BCUT2D eigenvalue weighted by Gasteiger charge is -2.07. The predicted molar refractivity (Wildman–Crippen MR) is 81.9 cm³/mol. The zero-order chi connectivity index (χ0) is 15.5. The molecule has 0 unspecified atom stereocenters. The third-order valence-corrected chi connectivity index (χ3v) is 3.28. The number of hydrogen-bond donors (Lipinski definition) is 1. The fourth-order valence-corrected chi connectivity index (χ4v) is 2.18. The zero-order valence-electron chi connectivity index (χ0n) is 12.4. The third kappa shape index (κ3) is 2.90. The minimum absolute atomic E-state index is 0.189. The van der Waals surface area contributed by atoms with Gasteiger partial charge in [0.1, 0.15) is 5.75 Å². The van der Waals surface area contributed by atoms with Crippen molar-refractivity contribution in [3.05, 3.63) is 59.5 Å². The number of benzene rings is 1. The maximum Gasteiger partial charge on any atom is 0.254 e. The molecule has 0 saturated heterocycles. The summed E-state index contributed by atoms with van der Waals surface area (Å²) in [6, 6.07) is 9.43. The van der Waals surface area contributed by atoms with Gasteiger partial charge in [0.05, 0.1) is 18.4 Å². The van der Waals surface area contributed by atoms with Crippen molar-refractivity contribution in [2.75, 3.05) is 7.11 Å². The maximum atomic E-state index is 12.2. The fourth-order valence-electron chi connectivity index (χ4n) is 2.18. The highest BCUT2D eigenvalue weighted by atomic mass is 16.5. The Kier molecular flexibility index (Phi) is 3.74. The van der Waals surface area contributed by atoms with E-state index in [9.17, 15) is 4.79 Å². The van der Waals surface area contributed by atoms with E-state index in [2.05, 4.69) is 15.4 Å². The van der Waals surface area contributed by atoms with Gasteiger partial charge in [0.25, 0.3) is 5.91 Å². The van der Waals surface area contributed by atoms with Crippen LogP contribution in [0, 0.1) is 6.92 Å². The van der Waals surface area contributed by atoms with Crippen molar-refractivity contribution >= 4 is 11.6 Å². The van der Waals surface area contributed by atoms with E-state index in [-0.39, 0.29) is 5.91 Å². The smallest absolute Gasteiger partial charge is 0.254 e. The van der Waals surface area contributed by atoms with Crippen molar-refractivity contribution in [2.45, 2.75) is 13.5 Å². The molecule has 22 heavy (non-hydrogen) atoms. The normalized spacial score (nSPS) is 10.6. The molecule has 0 atom stereocenters. The van der Waals surface area contributed by atoms with Crippen LogP contribution < -0.4 is 10.1 Å². The molecule has 6 heteroatoms. The van der Waals surface area contributed by atoms with E-state index < -0.39 is 0 Å². The molecule has 2 heterocycles. The molecule has 0 aliphatic rings. The van der Waals surface area contributed by atoms with Gasteiger partial charge in [-0.05, 0) is 24.6 Å². The van der Waals surface area contributed by atoms with Crippen LogP contribution in [0.2, 0.25) is 0 Å². The Morgan fingerprint density at radius 3 is 3.05 bits per heavy atom. The first-order valence-corrected chi connectivity index (χ1v) is 6.89. The largest absolute Gasteiger partial charge is 0.497 e. The van der Waals surface area contributed by atoms with Crippen molar-refractivity contribution in [3.63, 3.8) is 0 Å². The second kappa shape index (κ2) is 5.85. The average Bonchev–Trinajstić information content (AvgIpc) is 2.91. The minimum Gasteiger partial charge on any atom is -0.497 e. The van der Waals surface area contributed by atoms with Crippen molar-refractivity contribution in [1.82, 2.24) is 19.9 Å². The number of amides is 1. The van der Waals surface area contributed by atoms with Crippen molar-refractivity contribution in [1.29, 1.82) is 0 Å². The van der Waals surface area contributed by atoms with Crippen LogP contribution in [-0.4, -0.2) is 27.6 Å². The van der Waals surface area contributed by atoms with Gasteiger partial charge in [-0.3, -0.25) is 4.79 Å². The van der Waals surface area contributed by atoms with E-state index in [4.69, 9.17) is 4.74 Å². The first-order valence-electron chi connectivity index (χ1n) is 6.89. The number of hydrogen-bond acceptors (Lipinski definition) is 4. The van der Waals surface area contributed by atoms with Crippen LogP contribution in [0.3, 0.4) is 0 Å². The first kappa shape index (κ1) is 14.1. The van der Waals surface area contributed by atoms with Gasteiger partial charge in [0.15, 0.2) is 5.65 Å². The Morgan fingerprint density at radius 2 is 2.23 bits per heavy atom. The summed E-state index contributed by atoms with van der Waals surface area (Å²) in [7, 11) is 1.62. The molecule has 0 radical (unpaired) electrons. The van der Waals surface area contributed by atoms with E-state index in [1.807, 2.05) is 37.3 Å². The number of carbonyl (C=O) groups excluding carboxylic acids is 1. The number of ether oxygens (including phenoxy) is 1. The number of aromatic nitrogens is 3. The lowest BCUT2D eigenvalue weighted by atomic mass is 10.2. The highest BCUT2D eigenvalue weighted by Gasteiger charge is 2.08. The zero-order valence-corrected chi connectivity index (χ0v) is 12.4. The molecular weight excluding hydrogens is 280 g/mol. The summed E-state index contributed by atoms with van der Waals surface area (Å²) in [4.78, 5) is 16.4. The molecule has 0 bridgehead atoms. The summed E-state index contributed by atoms with van der Waals surface area (Å²) in [5, 5.41) is 7.12. The first-order chi connectivity index (χ1) is 10.7. The van der Waals surface area contributed by atoms with Gasteiger partial charge < -0.3 is 10.1 Å². The van der Waals surface area contributed by atoms with Gasteiger partial charge in [-0.1, -0.05) is 12.1 Å². The number of nitrogens with one attached hydrogen (secondary N) is 1. The quantitative estimate of drug-likeness (QED) is 0.799. The molecule has 3 rings (SSSR count). The topological polar surface area (TPSA) is 68.5 Å². The van der Waals surface area contributed by atoms with Crippen LogP contribution in [0.5, 0.6) is 5.75 Å². The molecule has 0 saturated carbocycles. The molecule has 0 aliphatic carbocycles. The van der Waals surface area contributed by atoms with Crippen LogP contribution in [-0.2, 0) is 6.54 Å². The second-order valence-electron chi connectivity index (χ2n) is 4.97. The SMILES string of the molecule is COc1cccc(CNC(=O)c2cnc3cc(C)nn3c2)c1. The van der Waals surface area contributed by atoms with Gasteiger partial charge in [0.2, 0.25) is 0 Å². The second-order valence-corrected chi connectivity index (χ2v) is 4.97. The Bertz CT molecular complexity index is 826. The van der Waals surface area contributed by atoms with Crippen LogP contribution in [0.4, 0.5) is 0 Å². The standard InChI is InChI=1S/C16H16N4O2/c1-11-6-15-17-9-13(10-20(15)19-11)16(21)18-8-12-4-3-5-14(7-12)22-2/h3-7,9-10H,8H2,1-2H3,(H,18,21). The summed E-state index contributed by atoms with van der Waals surface area (Å²) in [6.45, 7) is 2.31. The predicted octanol–water partition coefficient (Wildman–Crippen LogP) is 1.98. The van der Waals surface area contributed by atoms with Crippen molar-refractivity contribution in [2.24, 2.45) is 0 Å². The summed E-state index contributed by atoms with van der Waals surface area (Å²) in [6.07, 6.45) is 3.23.